The lowest BCUT2D eigenvalue weighted by Gasteiger charge is -2.32. The third-order valence-corrected chi connectivity index (χ3v) is 5.77. The molecule has 1 aliphatic rings. The lowest BCUT2D eigenvalue weighted by Crippen LogP contribution is -2.48. The first-order valence-corrected chi connectivity index (χ1v) is 8.50. The van der Waals surface area contributed by atoms with Crippen LogP contribution in [-0.2, 0) is 21.0 Å². The van der Waals surface area contributed by atoms with Crippen molar-refractivity contribution >= 4 is 21.7 Å². The van der Waals surface area contributed by atoms with Gasteiger partial charge in [0.05, 0.1) is 15.4 Å². The van der Waals surface area contributed by atoms with Gasteiger partial charge in [-0.05, 0) is 25.3 Å². The Bertz CT molecular complexity index is 808. The molecular formula is C13H13F3N2O6S. The summed E-state index contributed by atoms with van der Waals surface area (Å²) in [7, 11) is -4.80. The summed E-state index contributed by atoms with van der Waals surface area (Å²) in [5.74, 6) is -1.46. The van der Waals surface area contributed by atoms with Gasteiger partial charge in [0.2, 0.25) is 10.0 Å². The van der Waals surface area contributed by atoms with Crippen LogP contribution in [0.3, 0.4) is 0 Å². The van der Waals surface area contributed by atoms with Crippen LogP contribution in [0.5, 0.6) is 0 Å². The molecule has 1 atom stereocenters. The SMILES string of the molecule is O=C(O)C1CCCCN1S(=O)(=O)c1ccc([N+](=O)[O-])cc1C(F)(F)F. The standard InChI is InChI=1S/C13H13F3N2O6S/c14-13(15,16)9-7-8(18(21)22)4-5-11(9)25(23,24)17-6-2-1-3-10(17)12(19)20/h4-5,7,10H,1-3,6H2,(H,19,20). The number of carboxylic acids is 1. The molecule has 1 saturated heterocycles. The van der Waals surface area contributed by atoms with Gasteiger partial charge in [-0.3, -0.25) is 14.9 Å². The van der Waals surface area contributed by atoms with E-state index in [0.717, 1.165) is 0 Å². The number of nitro groups is 1. The first-order chi connectivity index (χ1) is 11.5. The van der Waals surface area contributed by atoms with Crippen LogP contribution in [0.25, 0.3) is 0 Å². The molecule has 1 aromatic carbocycles. The van der Waals surface area contributed by atoms with Gasteiger partial charge in [-0.25, -0.2) is 8.42 Å². The van der Waals surface area contributed by atoms with Crippen LogP contribution in [0.2, 0.25) is 0 Å². The Morgan fingerprint density at radius 2 is 1.96 bits per heavy atom. The number of carboxylic acid groups (broad SMARTS) is 1. The smallest absolute Gasteiger partial charge is 0.417 e. The lowest BCUT2D eigenvalue weighted by molar-refractivity contribution is -0.385. The van der Waals surface area contributed by atoms with Crippen molar-refractivity contribution in [3.63, 3.8) is 0 Å². The Balaban J connectivity index is 2.62. The van der Waals surface area contributed by atoms with E-state index in [2.05, 4.69) is 0 Å². The third kappa shape index (κ3) is 3.74. The first-order valence-electron chi connectivity index (χ1n) is 7.06. The van der Waals surface area contributed by atoms with Crippen molar-refractivity contribution in [3.8, 4) is 0 Å². The summed E-state index contributed by atoms with van der Waals surface area (Å²) < 4.78 is 65.5. The summed E-state index contributed by atoms with van der Waals surface area (Å²) in [6.45, 7) is -0.242. The molecule has 0 radical (unpaired) electrons. The zero-order valence-corrected chi connectivity index (χ0v) is 13.4. The van der Waals surface area contributed by atoms with E-state index in [1.54, 1.807) is 0 Å². The van der Waals surface area contributed by atoms with E-state index < -0.39 is 49.3 Å². The van der Waals surface area contributed by atoms with Crippen molar-refractivity contribution in [2.75, 3.05) is 6.54 Å². The number of benzene rings is 1. The van der Waals surface area contributed by atoms with Gasteiger partial charge in [-0.2, -0.15) is 17.5 Å². The number of carbonyl (C=O) groups is 1. The van der Waals surface area contributed by atoms with E-state index in [-0.39, 0.29) is 19.0 Å². The molecule has 1 aliphatic heterocycles. The number of hydrogen-bond acceptors (Lipinski definition) is 5. The molecule has 138 valence electrons. The van der Waals surface area contributed by atoms with Crippen LogP contribution < -0.4 is 0 Å². The monoisotopic (exact) mass is 382 g/mol. The number of piperidine rings is 1. The average Bonchev–Trinajstić information content (AvgIpc) is 2.53. The second-order valence-corrected chi connectivity index (χ2v) is 7.26. The van der Waals surface area contributed by atoms with Gasteiger partial charge in [-0.15, -0.1) is 0 Å². The maximum Gasteiger partial charge on any atom is 0.417 e. The molecule has 0 aromatic heterocycles. The van der Waals surface area contributed by atoms with Gasteiger partial charge < -0.3 is 5.11 Å². The van der Waals surface area contributed by atoms with Crippen LogP contribution in [0, 0.1) is 10.1 Å². The Morgan fingerprint density at radius 3 is 2.48 bits per heavy atom. The fourth-order valence-corrected chi connectivity index (χ4v) is 4.49. The van der Waals surface area contributed by atoms with Gasteiger partial charge in [0.15, 0.2) is 0 Å². The fourth-order valence-electron chi connectivity index (χ4n) is 2.64. The Kier molecular flexibility index (Phi) is 5.04. The minimum absolute atomic E-state index is 0.0249. The molecule has 1 aromatic rings. The van der Waals surface area contributed by atoms with E-state index in [1.807, 2.05) is 0 Å². The summed E-state index contributed by atoms with van der Waals surface area (Å²) in [4.78, 5) is 19.7. The largest absolute Gasteiger partial charge is 0.480 e. The van der Waals surface area contributed by atoms with Crippen molar-refractivity contribution in [3.05, 3.63) is 33.9 Å². The van der Waals surface area contributed by atoms with Crippen molar-refractivity contribution in [2.24, 2.45) is 0 Å². The van der Waals surface area contributed by atoms with Crippen molar-refractivity contribution < 1.29 is 36.4 Å². The second-order valence-electron chi connectivity index (χ2n) is 5.40. The topological polar surface area (TPSA) is 118 Å². The normalized spacial score (nSPS) is 19.6. The zero-order chi connectivity index (χ0) is 19.0. The van der Waals surface area contributed by atoms with Gasteiger partial charge >= 0.3 is 12.1 Å². The number of rotatable bonds is 4. The first kappa shape index (κ1) is 19.1. The average molecular weight is 382 g/mol. The predicted octanol–water partition coefficient (Wildman–Crippen LogP) is 2.24. The highest BCUT2D eigenvalue weighted by Gasteiger charge is 2.44. The van der Waals surface area contributed by atoms with Gasteiger partial charge in [0, 0.05) is 18.7 Å². The number of non-ortho nitro benzene ring substituents is 1. The number of alkyl halides is 3. The summed E-state index contributed by atoms with van der Waals surface area (Å²) in [5, 5.41) is 19.8. The molecule has 2 rings (SSSR count). The summed E-state index contributed by atoms with van der Waals surface area (Å²) in [6.07, 6.45) is -4.46. The molecule has 0 saturated carbocycles. The molecule has 0 bridgehead atoms. The number of aliphatic carboxylic acids is 1. The van der Waals surface area contributed by atoms with Crippen molar-refractivity contribution in [1.29, 1.82) is 0 Å². The highest BCUT2D eigenvalue weighted by molar-refractivity contribution is 7.89. The minimum atomic E-state index is -5.16. The summed E-state index contributed by atoms with van der Waals surface area (Å²) in [6, 6.07) is -0.215. The summed E-state index contributed by atoms with van der Waals surface area (Å²) in [5.41, 5.74) is -2.61. The number of hydrogen-bond donors (Lipinski definition) is 1. The maximum atomic E-state index is 13.2. The molecule has 25 heavy (non-hydrogen) atoms. The molecule has 1 fully saturated rings. The van der Waals surface area contributed by atoms with E-state index in [1.165, 1.54) is 0 Å². The quantitative estimate of drug-likeness (QED) is 0.630. The van der Waals surface area contributed by atoms with Gasteiger partial charge in [-0.1, -0.05) is 0 Å². The highest BCUT2D eigenvalue weighted by atomic mass is 32.2. The highest BCUT2D eigenvalue weighted by Crippen LogP contribution is 2.38. The van der Waals surface area contributed by atoms with E-state index in [9.17, 15) is 36.5 Å². The molecule has 0 amide bonds. The molecule has 12 heteroatoms. The third-order valence-electron chi connectivity index (χ3n) is 3.80. The Morgan fingerprint density at radius 1 is 1.32 bits per heavy atom. The van der Waals surface area contributed by atoms with Crippen molar-refractivity contribution in [1.82, 2.24) is 4.31 Å². The predicted molar refractivity (Wildman–Crippen MR) is 77.3 cm³/mol. The lowest BCUT2D eigenvalue weighted by atomic mass is 10.1. The number of sulfonamides is 1. The van der Waals surface area contributed by atoms with E-state index in [0.29, 0.717) is 29.3 Å². The Labute approximate surface area is 140 Å². The molecule has 1 heterocycles. The van der Waals surface area contributed by atoms with Crippen molar-refractivity contribution in [2.45, 2.75) is 36.4 Å². The van der Waals surface area contributed by atoms with Crippen LogP contribution in [0.1, 0.15) is 24.8 Å². The minimum Gasteiger partial charge on any atom is -0.480 e. The fraction of sp³-hybridized carbons (Fsp3) is 0.462. The molecule has 0 spiro atoms. The molecule has 0 aliphatic carbocycles. The van der Waals surface area contributed by atoms with Gasteiger partial charge in [0.1, 0.15) is 6.04 Å². The number of halogens is 3. The van der Waals surface area contributed by atoms with Gasteiger partial charge in [0.25, 0.3) is 5.69 Å². The van der Waals surface area contributed by atoms with E-state index in [4.69, 9.17) is 5.11 Å². The van der Waals surface area contributed by atoms with Crippen LogP contribution >= 0.6 is 0 Å². The zero-order valence-electron chi connectivity index (χ0n) is 12.6. The summed E-state index contributed by atoms with van der Waals surface area (Å²) >= 11 is 0. The number of nitro benzene ring substituents is 1. The van der Waals surface area contributed by atoms with Crippen LogP contribution in [0.4, 0.5) is 18.9 Å². The molecular weight excluding hydrogens is 369 g/mol. The maximum absolute atomic E-state index is 13.2. The van der Waals surface area contributed by atoms with Crippen LogP contribution in [0.15, 0.2) is 23.1 Å². The Hall–Kier alpha value is -2.21. The van der Waals surface area contributed by atoms with Crippen LogP contribution in [-0.4, -0.2) is 41.3 Å². The molecule has 1 unspecified atom stereocenters. The second kappa shape index (κ2) is 6.59. The van der Waals surface area contributed by atoms with E-state index >= 15 is 0 Å². The molecule has 1 N–H and O–H groups in total. The molecule has 8 nitrogen and oxygen atoms in total. The number of nitrogens with zero attached hydrogens (tertiary/aromatic N) is 2.